The van der Waals surface area contributed by atoms with E-state index in [1.165, 1.54) is 0 Å². The van der Waals surface area contributed by atoms with Crippen molar-refractivity contribution < 1.29 is 81.4 Å². The van der Waals surface area contributed by atoms with E-state index >= 15 is 0 Å². The molecule has 0 aromatic rings. The van der Waals surface area contributed by atoms with E-state index in [0.29, 0.717) is 13.2 Å². The van der Waals surface area contributed by atoms with Crippen LogP contribution in [0.2, 0.25) is 0 Å². The van der Waals surface area contributed by atoms with Gasteiger partial charge in [0.25, 0.3) is 0 Å². The summed E-state index contributed by atoms with van der Waals surface area (Å²) >= 11 is 0. The lowest BCUT2D eigenvalue weighted by molar-refractivity contribution is -0.236. The number of hydrogen-bond acceptors (Lipinski definition) is 16. The van der Waals surface area contributed by atoms with Crippen molar-refractivity contribution in [3.63, 3.8) is 0 Å². The van der Waals surface area contributed by atoms with Gasteiger partial charge in [0.1, 0.15) is 24.4 Å². The van der Waals surface area contributed by atoms with Crippen molar-refractivity contribution in [3.05, 3.63) is 12.7 Å². The Balaban J connectivity index is 0.000000236. The minimum Gasteiger partial charge on any atom is -0.466 e. The normalized spacial score (nSPS) is 38.4. The third-order valence-corrected chi connectivity index (χ3v) is 9.30. The van der Waals surface area contributed by atoms with Crippen molar-refractivity contribution in [1.82, 2.24) is 0 Å². The topological polar surface area (TPSA) is 203 Å². The minimum absolute atomic E-state index is 0. The van der Waals surface area contributed by atoms with Crippen LogP contribution in [0.3, 0.4) is 0 Å². The van der Waals surface area contributed by atoms with Crippen molar-refractivity contribution in [2.24, 2.45) is 11.8 Å². The van der Waals surface area contributed by atoms with Crippen LogP contribution in [0.1, 0.15) is 76.2 Å². The average Bonchev–Trinajstić information content (AvgIpc) is 3.85. The van der Waals surface area contributed by atoms with Crippen LogP contribution in [0, 0.1) is 11.8 Å². The smallest absolute Gasteiger partial charge is 0.330 e. The van der Waals surface area contributed by atoms with E-state index in [-0.39, 0.29) is 18.2 Å². The summed E-state index contributed by atoms with van der Waals surface area (Å²) in [6.07, 6.45) is -4.61. The van der Waals surface area contributed by atoms with Crippen LogP contribution in [-0.2, 0) is 76.0 Å². The van der Waals surface area contributed by atoms with Crippen molar-refractivity contribution in [2.75, 3.05) is 19.8 Å². The fourth-order valence-electron chi connectivity index (χ4n) is 6.74. The van der Waals surface area contributed by atoms with E-state index in [4.69, 9.17) is 61.6 Å². The second-order valence-electron chi connectivity index (χ2n) is 15.2. The maximum Gasteiger partial charge on any atom is 0.330 e. The molecule has 0 aliphatic carbocycles. The molecule has 0 saturated carbocycles. The summed E-state index contributed by atoms with van der Waals surface area (Å²) in [5.74, 6) is -5.94. The molecule has 6 heterocycles. The Labute approximate surface area is 304 Å². The molecule has 17 nitrogen and oxygen atoms in total. The lowest BCUT2D eigenvalue weighted by Crippen LogP contribution is -2.46. The van der Waals surface area contributed by atoms with Crippen molar-refractivity contribution >= 4 is 17.9 Å². The van der Waals surface area contributed by atoms with E-state index < -0.39 is 108 Å². The molecule has 2 N–H and O–H groups in total. The molecule has 6 saturated heterocycles. The fraction of sp³-hybridized carbons (Fsp3) is 0.857. The molecule has 52 heavy (non-hydrogen) atoms. The number of rotatable bonds is 9. The predicted octanol–water partition coefficient (Wildman–Crippen LogP) is 2.05. The fourth-order valence-corrected chi connectivity index (χ4v) is 6.74. The molecular formula is C35H56O17. The summed E-state index contributed by atoms with van der Waals surface area (Å²) in [5, 5.41) is 0. The molecule has 298 valence electrons. The molecule has 12 atom stereocenters. The second kappa shape index (κ2) is 15.8. The van der Waals surface area contributed by atoms with Crippen molar-refractivity contribution in [1.29, 1.82) is 0 Å². The lowest BCUT2D eigenvalue weighted by atomic mass is 9.96. The first-order chi connectivity index (χ1) is 23.6. The molecular weight excluding hydrogens is 692 g/mol. The van der Waals surface area contributed by atoms with E-state index in [1.807, 2.05) is 27.7 Å². The lowest BCUT2D eigenvalue weighted by Gasteiger charge is -2.29. The maximum absolute atomic E-state index is 12.8. The van der Waals surface area contributed by atoms with Gasteiger partial charge in [-0.15, -0.1) is 0 Å². The minimum atomic E-state index is -0.860. The van der Waals surface area contributed by atoms with Gasteiger partial charge in [-0.3, -0.25) is 9.59 Å². The third-order valence-electron chi connectivity index (χ3n) is 9.30. The van der Waals surface area contributed by atoms with Crippen LogP contribution in [0.5, 0.6) is 0 Å². The molecule has 0 bridgehead atoms. The van der Waals surface area contributed by atoms with Crippen LogP contribution in [0.15, 0.2) is 12.7 Å². The molecule has 6 aliphatic rings. The summed E-state index contributed by atoms with van der Waals surface area (Å²) in [6.45, 7) is 23.7. The van der Waals surface area contributed by atoms with E-state index in [9.17, 15) is 14.4 Å². The van der Waals surface area contributed by atoms with Gasteiger partial charge in [-0.25, -0.2) is 4.79 Å². The SMILES string of the molecule is C=CC(=O)OC1C(C2COC(C)(C)O2)OC2OC(C)(C)OC21.CCOC(=O)C(C)C(C)C(=O)OC1C(C2COC(C)(C)O2)OC2OC(C)(C)OC21.O. The molecule has 0 aromatic carbocycles. The quantitative estimate of drug-likeness (QED) is 0.188. The monoisotopic (exact) mass is 748 g/mol. The molecule has 6 rings (SSSR count). The Morgan fingerprint density at radius 3 is 1.46 bits per heavy atom. The zero-order valence-electron chi connectivity index (χ0n) is 31.9. The van der Waals surface area contributed by atoms with E-state index in [1.54, 1.807) is 48.5 Å². The largest absolute Gasteiger partial charge is 0.466 e. The summed E-state index contributed by atoms with van der Waals surface area (Å²) in [6, 6.07) is 0. The second-order valence-corrected chi connectivity index (χ2v) is 15.2. The molecule has 17 heteroatoms. The highest BCUT2D eigenvalue weighted by Crippen LogP contribution is 2.43. The molecule has 0 spiro atoms. The molecule has 0 radical (unpaired) electrons. The van der Waals surface area contributed by atoms with Crippen molar-refractivity contribution in [3.8, 4) is 0 Å². The Morgan fingerprint density at radius 2 is 1.08 bits per heavy atom. The maximum atomic E-state index is 12.8. The summed E-state index contributed by atoms with van der Waals surface area (Å²) < 4.78 is 74.4. The number of fused-ring (bicyclic) bond motifs is 2. The highest BCUT2D eigenvalue weighted by atomic mass is 16.9. The molecule has 0 amide bonds. The van der Waals surface area contributed by atoms with Gasteiger partial charge < -0.3 is 67.1 Å². The molecule has 0 aromatic heterocycles. The Morgan fingerprint density at radius 1 is 0.654 bits per heavy atom. The van der Waals surface area contributed by atoms with Crippen LogP contribution in [0.4, 0.5) is 0 Å². The standard InChI is InChI=1S/C20H32O9.C15H22O7.H2O/c1-8-23-16(21)10(2)11(3)17(22)25-14-13(12-9-24-19(4,5)27-12)26-18-15(14)28-20(6,7)29-18;1-6-9(16)18-11-10(8-7-17-14(2,3)20-8)19-13-12(11)21-15(4,5)22-13;/h10-15,18H,8-9H2,1-7H3;6,8,10-13H,1,7H2,2-5H3;1H2. The van der Waals surface area contributed by atoms with Gasteiger partial charge in [-0.2, -0.15) is 0 Å². The number of ether oxygens (including phenoxy) is 13. The van der Waals surface area contributed by atoms with Gasteiger partial charge in [0.15, 0.2) is 60.1 Å². The van der Waals surface area contributed by atoms with Crippen LogP contribution in [0.25, 0.3) is 0 Å². The Bertz CT molecular complexity index is 1300. The third kappa shape index (κ3) is 9.49. The molecule has 12 unspecified atom stereocenters. The average molecular weight is 749 g/mol. The van der Waals surface area contributed by atoms with Gasteiger partial charge in [-0.1, -0.05) is 20.4 Å². The van der Waals surface area contributed by atoms with Crippen LogP contribution < -0.4 is 0 Å². The predicted molar refractivity (Wildman–Crippen MR) is 176 cm³/mol. The summed E-state index contributed by atoms with van der Waals surface area (Å²) in [4.78, 5) is 36.5. The highest BCUT2D eigenvalue weighted by Gasteiger charge is 2.61. The van der Waals surface area contributed by atoms with Gasteiger partial charge in [0.05, 0.1) is 31.7 Å². The molecule has 6 fully saturated rings. The number of carbonyl (C=O) groups is 3. The van der Waals surface area contributed by atoms with Gasteiger partial charge >= 0.3 is 17.9 Å². The summed E-state index contributed by atoms with van der Waals surface area (Å²) in [7, 11) is 0. The van der Waals surface area contributed by atoms with Gasteiger partial charge in [-0.05, 0) is 62.3 Å². The number of esters is 3. The highest BCUT2D eigenvalue weighted by molar-refractivity contribution is 5.82. The molecule has 6 aliphatic heterocycles. The van der Waals surface area contributed by atoms with E-state index in [0.717, 1.165) is 6.08 Å². The van der Waals surface area contributed by atoms with Crippen LogP contribution >= 0.6 is 0 Å². The first-order valence-electron chi connectivity index (χ1n) is 17.5. The van der Waals surface area contributed by atoms with Crippen molar-refractivity contribution in [2.45, 2.75) is 161 Å². The van der Waals surface area contributed by atoms with Gasteiger partial charge in [0.2, 0.25) is 0 Å². The Kier molecular flexibility index (Phi) is 12.9. The first-order valence-corrected chi connectivity index (χ1v) is 17.5. The first kappa shape index (κ1) is 42.5. The number of hydrogen-bond donors (Lipinski definition) is 0. The number of carbonyl (C=O) groups excluding carboxylic acids is 3. The van der Waals surface area contributed by atoms with Gasteiger partial charge in [0, 0.05) is 6.08 Å². The zero-order chi connectivity index (χ0) is 37.7. The summed E-state index contributed by atoms with van der Waals surface area (Å²) in [5.41, 5.74) is 0. The van der Waals surface area contributed by atoms with E-state index in [2.05, 4.69) is 6.58 Å². The Hall–Kier alpha value is -2.29. The van der Waals surface area contributed by atoms with Crippen LogP contribution in [-0.4, -0.2) is 128 Å². The zero-order valence-corrected chi connectivity index (χ0v) is 31.9.